The van der Waals surface area contributed by atoms with E-state index in [1.807, 2.05) is 6.92 Å². The molecule has 0 radical (unpaired) electrons. The van der Waals surface area contributed by atoms with Crippen LogP contribution in [0, 0.1) is 5.92 Å². The minimum atomic E-state index is 0.527. The standard InChI is InChI=1S/C7H13NS/c1-5-8-9-7(4)6(2)3/h5-6H,4H2,1-3H3/b8-5-. The first kappa shape index (κ1) is 8.76. The van der Waals surface area contributed by atoms with Crippen LogP contribution in [0.5, 0.6) is 0 Å². The van der Waals surface area contributed by atoms with Gasteiger partial charge >= 0.3 is 0 Å². The van der Waals surface area contributed by atoms with Crippen molar-refractivity contribution < 1.29 is 0 Å². The van der Waals surface area contributed by atoms with Crippen molar-refractivity contribution in [1.82, 2.24) is 0 Å². The van der Waals surface area contributed by atoms with Crippen molar-refractivity contribution in [1.29, 1.82) is 0 Å². The average Bonchev–Trinajstić information content (AvgIpc) is 1.82. The van der Waals surface area contributed by atoms with Gasteiger partial charge in [0.1, 0.15) is 0 Å². The molecule has 0 amide bonds. The highest BCUT2D eigenvalue weighted by Crippen LogP contribution is 2.21. The van der Waals surface area contributed by atoms with Crippen molar-refractivity contribution in [2.24, 2.45) is 10.3 Å². The Balaban J connectivity index is 3.51. The second-order valence-corrected chi connectivity index (χ2v) is 2.99. The Morgan fingerprint density at radius 2 is 2.22 bits per heavy atom. The van der Waals surface area contributed by atoms with E-state index in [9.17, 15) is 0 Å². The van der Waals surface area contributed by atoms with Crippen molar-refractivity contribution in [3.63, 3.8) is 0 Å². The first-order valence-electron chi connectivity index (χ1n) is 3.02. The van der Waals surface area contributed by atoms with Gasteiger partial charge in [-0.2, -0.15) is 0 Å². The van der Waals surface area contributed by atoms with Crippen LogP contribution in [0.2, 0.25) is 0 Å². The van der Waals surface area contributed by atoms with Crippen molar-refractivity contribution in [3.05, 3.63) is 11.5 Å². The van der Waals surface area contributed by atoms with Crippen LogP contribution in [-0.2, 0) is 0 Å². The summed E-state index contributed by atoms with van der Waals surface area (Å²) in [6.07, 6.45) is 1.78. The van der Waals surface area contributed by atoms with Gasteiger partial charge in [0.25, 0.3) is 0 Å². The van der Waals surface area contributed by atoms with Crippen LogP contribution < -0.4 is 0 Å². The minimum Gasteiger partial charge on any atom is -0.224 e. The van der Waals surface area contributed by atoms with Gasteiger partial charge in [0, 0.05) is 23.1 Å². The predicted octanol–water partition coefficient (Wildman–Crippen LogP) is 2.90. The minimum absolute atomic E-state index is 0.527. The van der Waals surface area contributed by atoms with Gasteiger partial charge in [-0.05, 0) is 12.8 Å². The summed E-state index contributed by atoms with van der Waals surface area (Å²) >= 11 is 1.46. The molecule has 0 bridgehead atoms. The molecule has 2 heteroatoms. The van der Waals surface area contributed by atoms with Gasteiger partial charge < -0.3 is 0 Å². The molecule has 9 heavy (non-hydrogen) atoms. The molecule has 0 saturated carbocycles. The Morgan fingerprint density at radius 3 is 2.56 bits per heavy atom. The number of hydrogen-bond donors (Lipinski definition) is 0. The lowest BCUT2D eigenvalue weighted by atomic mass is 10.2. The number of rotatable bonds is 3. The number of nitrogens with zero attached hydrogens (tertiary/aromatic N) is 1. The third kappa shape index (κ3) is 4.28. The van der Waals surface area contributed by atoms with E-state index in [0.29, 0.717) is 5.92 Å². The largest absolute Gasteiger partial charge is 0.224 e. The molecule has 1 nitrogen and oxygen atoms in total. The lowest BCUT2D eigenvalue weighted by Gasteiger charge is -2.02. The molecule has 0 N–H and O–H groups in total. The molecular formula is C7H13NS. The summed E-state index contributed by atoms with van der Waals surface area (Å²) in [6.45, 7) is 9.97. The van der Waals surface area contributed by atoms with Crippen LogP contribution in [0.15, 0.2) is 15.9 Å². The Bertz CT molecular complexity index is 116. The lowest BCUT2D eigenvalue weighted by molar-refractivity contribution is 0.820. The van der Waals surface area contributed by atoms with Crippen molar-refractivity contribution >= 4 is 18.2 Å². The van der Waals surface area contributed by atoms with E-state index in [0.717, 1.165) is 4.91 Å². The maximum Gasteiger partial charge on any atom is 0.00988 e. The Morgan fingerprint density at radius 1 is 1.67 bits per heavy atom. The zero-order valence-corrected chi connectivity index (χ0v) is 7.03. The van der Waals surface area contributed by atoms with E-state index in [4.69, 9.17) is 0 Å². The lowest BCUT2D eigenvalue weighted by Crippen LogP contribution is -1.84. The third-order valence-corrected chi connectivity index (χ3v) is 1.94. The SMILES string of the molecule is C=C(S/N=C\C)C(C)C. The van der Waals surface area contributed by atoms with E-state index in [-0.39, 0.29) is 0 Å². The average molecular weight is 143 g/mol. The molecule has 0 heterocycles. The first-order valence-corrected chi connectivity index (χ1v) is 3.79. The van der Waals surface area contributed by atoms with E-state index in [2.05, 4.69) is 24.8 Å². The molecule has 0 rings (SSSR count). The van der Waals surface area contributed by atoms with Gasteiger partial charge in [-0.25, -0.2) is 4.40 Å². The fourth-order valence-corrected chi connectivity index (χ4v) is 0.677. The van der Waals surface area contributed by atoms with Gasteiger partial charge in [0.15, 0.2) is 0 Å². The molecular weight excluding hydrogens is 130 g/mol. The van der Waals surface area contributed by atoms with Crippen LogP contribution in [-0.4, -0.2) is 6.21 Å². The van der Waals surface area contributed by atoms with Crippen LogP contribution in [0.4, 0.5) is 0 Å². The maximum atomic E-state index is 3.99. The number of hydrogen-bond acceptors (Lipinski definition) is 2. The first-order chi connectivity index (χ1) is 4.18. The van der Waals surface area contributed by atoms with Gasteiger partial charge in [0.05, 0.1) is 0 Å². The highest BCUT2D eigenvalue weighted by molar-refractivity contribution is 8.01. The third-order valence-electron chi connectivity index (χ3n) is 0.919. The highest BCUT2D eigenvalue weighted by atomic mass is 32.2. The van der Waals surface area contributed by atoms with Crippen LogP contribution in [0.25, 0.3) is 0 Å². The zero-order chi connectivity index (χ0) is 7.28. The molecule has 0 unspecified atom stereocenters. The summed E-state index contributed by atoms with van der Waals surface area (Å²) in [5.74, 6) is 0.527. The molecule has 0 aromatic heterocycles. The molecule has 0 aliphatic rings. The summed E-state index contributed by atoms with van der Waals surface area (Å²) in [4.78, 5) is 1.12. The molecule has 0 aromatic rings. The molecule has 52 valence electrons. The summed E-state index contributed by atoms with van der Waals surface area (Å²) in [6, 6.07) is 0. The molecule has 0 saturated heterocycles. The Labute approximate surface area is 61.4 Å². The second kappa shape index (κ2) is 4.62. The number of allylic oxidation sites excluding steroid dienone is 1. The zero-order valence-electron chi connectivity index (χ0n) is 6.22. The van der Waals surface area contributed by atoms with E-state index < -0.39 is 0 Å². The predicted molar refractivity (Wildman–Crippen MR) is 45.7 cm³/mol. The van der Waals surface area contributed by atoms with Gasteiger partial charge in [-0.15, -0.1) is 0 Å². The van der Waals surface area contributed by atoms with Crippen LogP contribution >= 0.6 is 11.9 Å². The molecule has 0 fully saturated rings. The van der Waals surface area contributed by atoms with E-state index in [1.165, 1.54) is 11.9 Å². The van der Waals surface area contributed by atoms with Crippen LogP contribution in [0.3, 0.4) is 0 Å². The molecule has 0 spiro atoms. The van der Waals surface area contributed by atoms with Gasteiger partial charge in [0.2, 0.25) is 0 Å². The smallest absolute Gasteiger partial charge is 0.00988 e. The fraction of sp³-hybridized carbons (Fsp3) is 0.571. The Hall–Kier alpha value is -0.240. The highest BCUT2D eigenvalue weighted by Gasteiger charge is 1.97. The molecule has 0 aromatic carbocycles. The summed E-state index contributed by atoms with van der Waals surface area (Å²) in [5.41, 5.74) is 0. The monoisotopic (exact) mass is 143 g/mol. The summed E-state index contributed by atoms with van der Waals surface area (Å²) in [5, 5.41) is 0. The van der Waals surface area contributed by atoms with Gasteiger partial charge in [-0.3, -0.25) is 0 Å². The Kier molecular flexibility index (Phi) is 4.50. The maximum absolute atomic E-state index is 3.99. The summed E-state index contributed by atoms with van der Waals surface area (Å²) in [7, 11) is 0. The normalized spacial score (nSPS) is 11.1. The van der Waals surface area contributed by atoms with Crippen molar-refractivity contribution in [2.45, 2.75) is 20.8 Å². The quantitative estimate of drug-likeness (QED) is 0.437. The topological polar surface area (TPSA) is 12.4 Å². The molecule has 0 aliphatic carbocycles. The van der Waals surface area contributed by atoms with Crippen molar-refractivity contribution in [3.8, 4) is 0 Å². The fourth-order valence-electron chi connectivity index (χ4n) is 0.226. The second-order valence-electron chi connectivity index (χ2n) is 2.08. The van der Waals surface area contributed by atoms with E-state index in [1.54, 1.807) is 6.21 Å². The summed E-state index contributed by atoms with van der Waals surface area (Å²) < 4.78 is 3.99. The van der Waals surface area contributed by atoms with Crippen molar-refractivity contribution in [2.75, 3.05) is 0 Å². The molecule has 0 aliphatic heterocycles. The van der Waals surface area contributed by atoms with E-state index >= 15 is 0 Å². The van der Waals surface area contributed by atoms with Gasteiger partial charge in [-0.1, -0.05) is 20.4 Å². The molecule has 0 atom stereocenters. The van der Waals surface area contributed by atoms with Crippen LogP contribution in [0.1, 0.15) is 20.8 Å².